The molecule has 0 aliphatic heterocycles. The molecule has 18 heavy (non-hydrogen) atoms. The van der Waals surface area contributed by atoms with Gasteiger partial charge < -0.3 is 10.2 Å². The monoisotopic (exact) mass is 244 g/mol. The summed E-state index contributed by atoms with van der Waals surface area (Å²) in [5.74, 6) is 0.824. The van der Waals surface area contributed by atoms with Gasteiger partial charge in [-0.05, 0) is 47.3 Å². The molecule has 2 unspecified atom stereocenters. The summed E-state index contributed by atoms with van der Waals surface area (Å²) in [4.78, 5) is 22.8. The fourth-order valence-electron chi connectivity index (χ4n) is 6.38. The molecule has 4 nitrogen and oxygen atoms in total. The van der Waals surface area contributed by atoms with Crippen LogP contribution in [0.15, 0.2) is 23.3 Å². The Morgan fingerprint density at radius 3 is 1.61 bits per heavy atom. The molecule has 4 heteroatoms. The summed E-state index contributed by atoms with van der Waals surface area (Å²) in [5, 5.41) is 18.7. The van der Waals surface area contributed by atoms with Crippen LogP contribution in [0.25, 0.3) is 0 Å². The zero-order valence-corrected chi connectivity index (χ0v) is 9.48. The molecule has 0 heterocycles. The van der Waals surface area contributed by atoms with E-state index >= 15 is 0 Å². The van der Waals surface area contributed by atoms with Gasteiger partial charge in [-0.1, -0.05) is 12.2 Å². The Kier molecular flexibility index (Phi) is 1.26. The van der Waals surface area contributed by atoms with E-state index < -0.39 is 11.9 Å². The minimum Gasteiger partial charge on any atom is -0.478 e. The van der Waals surface area contributed by atoms with Crippen molar-refractivity contribution < 1.29 is 19.8 Å². The molecular weight excluding hydrogens is 232 g/mol. The van der Waals surface area contributed by atoms with E-state index in [9.17, 15) is 19.8 Å². The Bertz CT molecular complexity index is 539. The minimum atomic E-state index is -1.00. The lowest BCUT2D eigenvalue weighted by molar-refractivity contribution is -0.137. The maximum Gasteiger partial charge on any atom is 0.332 e. The highest BCUT2D eigenvalue weighted by atomic mass is 16.4. The number of hydrogen-bond acceptors (Lipinski definition) is 2. The number of carboxylic acids is 2. The van der Waals surface area contributed by atoms with Crippen LogP contribution in [0.4, 0.5) is 0 Å². The molecule has 4 saturated carbocycles. The van der Waals surface area contributed by atoms with E-state index in [2.05, 4.69) is 12.2 Å². The highest BCUT2D eigenvalue weighted by Gasteiger charge is 2.79. The minimum absolute atomic E-state index is 0.0276. The summed E-state index contributed by atoms with van der Waals surface area (Å²) in [6.45, 7) is 0. The van der Waals surface area contributed by atoms with Crippen LogP contribution >= 0.6 is 0 Å². The molecule has 0 amide bonds. The topological polar surface area (TPSA) is 74.6 Å². The zero-order valence-electron chi connectivity index (χ0n) is 9.48. The van der Waals surface area contributed by atoms with E-state index in [0.717, 1.165) is 0 Å². The first kappa shape index (κ1) is 9.36. The largest absolute Gasteiger partial charge is 0.478 e. The van der Waals surface area contributed by atoms with Crippen molar-refractivity contribution in [2.45, 2.75) is 0 Å². The fourth-order valence-corrected chi connectivity index (χ4v) is 6.38. The van der Waals surface area contributed by atoms with E-state index in [1.54, 1.807) is 0 Å². The Balaban J connectivity index is 1.75. The molecule has 0 radical (unpaired) electrons. The van der Waals surface area contributed by atoms with E-state index in [1.807, 2.05) is 0 Å². The molecule has 8 atom stereocenters. The lowest BCUT2D eigenvalue weighted by Gasteiger charge is -2.32. The van der Waals surface area contributed by atoms with Crippen LogP contribution in [0.2, 0.25) is 0 Å². The molecule has 0 aromatic heterocycles. The number of carboxylic acid groups (broad SMARTS) is 2. The van der Waals surface area contributed by atoms with Crippen molar-refractivity contribution in [1.29, 1.82) is 0 Å². The molecule has 8 bridgehead atoms. The lowest BCUT2D eigenvalue weighted by atomic mass is 9.71. The molecule has 0 aromatic rings. The van der Waals surface area contributed by atoms with E-state index in [4.69, 9.17) is 0 Å². The van der Waals surface area contributed by atoms with Crippen LogP contribution in [0, 0.1) is 47.3 Å². The number of allylic oxidation sites excluding steroid dienone is 2. The Morgan fingerprint density at radius 1 is 0.778 bits per heavy atom. The third kappa shape index (κ3) is 0.646. The summed E-state index contributed by atoms with van der Waals surface area (Å²) in [7, 11) is 0. The third-order valence-electron chi connectivity index (χ3n) is 6.30. The van der Waals surface area contributed by atoms with Crippen LogP contribution in [-0.4, -0.2) is 22.2 Å². The highest BCUT2D eigenvalue weighted by molar-refractivity contribution is 6.02. The predicted molar refractivity (Wildman–Crippen MR) is 59.4 cm³/mol. The van der Waals surface area contributed by atoms with Crippen molar-refractivity contribution in [3.63, 3.8) is 0 Å². The molecule has 0 aromatic carbocycles. The van der Waals surface area contributed by atoms with Gasteiger partial charge in [0, 0.05) is 0 Å². The van der Waals surface area contributed by atoms with Crippen molar-refractivity contribution in [3.8, 4) is 0 Å². The molecule has 0 spiro atoms. The molecule has 6 aliphatic rings. The van der Waals surface area contributed by atoms with Gasteiger partial charge in [-0.2, -0.15) is 0 Å². The van der Waals surface area contributed by atoms with Crippen LogP contribution in [0.5, 0.6) is 0 Å². The fraction of sp³-hybridized carbons (Fsp3) is 0.571. The molecule has 6 rings (SSSR count). The van der Waals surface area contributed by atoms with Gasteiger partial charge in [-0.15, -0.1) is 0 Å². The second-order valence-electron chi connectivity index (χ2n) is 6.34. The second-order valence-corrected chi connectivity index (χ2v) is 6.34. The molecule has 6 aliphatic carbocycles. The molecule has 4 fully saturated rings. The van der Waals surface area contributed by atoms with E-state index in [1.165, 1.54) is 0 Å². The Labute approximate surface area is 103 Å². The van der Waals surface area contributed by atoms with E-state index in [-0.39, 0.29) is 23.0 Å². The van der Waals surface area contributed by atoms with Crippen molar-refractivity contribution in [1.82, 2.24) is 0 Å². The summed E-state index contributed by atoms with van der Waals surface area (Å²) in [6, 6.07) is 0. The predicted octanol–water partition coefficient (Wildman–Crippen LogP) is 1.01. The Hall–Kier alpha value is -1.58. The normalized spacial score (nSPS) is 56.2. The number of hydrogen-bond donors (Lipinski definition) is 2. The van der Waals surface area contributed by atoms with Gasteiger partial charge >= 0.3 is 11.9 Å². The average Bonchev–Trinajstić information content (AvgIpc) is 3.07. The summed E-state index contributed by atoms with van der Waals surface area (Å²) < 4.78 is 0. The van der Waals surface area contributed by atoms with Gasteiger partial charge in [0.05, 0.1) is 11.1 Å². The third-order valence-corrected chi connectivity index (χ3v) is 6.30. The molecule has 2 N–H and O–H groups in total. The van der Waals surface area contributed by atoms with E-state index in [0.29, 0.717) is 35.5 Å². The van der Waals surface area contributed by atoms with Gasteiger partial charge in [-0.3, -0.25) is 0 Å². The maximum atomic E-state index is 11.4. The van der Waals surface area contributed by atoms with Gasteiger partial charge in [0.1, 0.15) is 0 Å². The number of rotatable bonds is 2. The summed E-state index contributed by atoms with van der Waals surface area (Å²) in [5.41, 5.74) is 0.472. The van der Waals surface area contributed by atoms with Crippen molar-refractivity contribution >= 4 is 11.9 Å². The molecular formula is C14H12O4. The first-order valence-corrected chi connectivity index (χ1v) is 6.52. The van der Waals surface area contributed by atoms with Crippen LogP contribution in [0.3, 0.4) is 0 Å². The summed E-state index contributed by atoms with van der Waals surface area (Å²) >= 11 is 0. The maximum absolute atomic E-state index is 11.4. The van der Waals surface area contributed by atoms with Gasteiger partial charge in [0.25, 0.3) is 0 Å². The smallest absolute Gasteiger partial charge is 0.332 e. The summed E-state index contributed by atoms with van der Waals surface area (Å²) in [6.07, 6.45) is 4.51. The van der Waals surface area contributed by atoms with Gasteiger partial charge in [0.2, 0.25) is 0 Å². The van der Waals surface area contributed by atoms with Gasteiger partial charge in [0.15, 0.2) is 0 Å². The zero-order chi connectivity index (χ0) is 12.3. The first-order valence-electron chi connectivity index (χ1n) is 6.52. The van der Waals surface area contributed by atoms with Crippen LogP contribution in [0.1, 0.15) is 0 Å². The van der Waals surface area contributed by atoms with Crippen molar-refractivity contribution in [3.05, 3.63) is 23.3 Å². The van der Waals surface area contributed by atoms with Crippen LogP contribution in [-0.2, 0) is 9.59 Å². The molecule has 92 valence electrons. The number of aliphatic carboxylic acids is 2. The average molecular weight is 244 g/mol. The molecule has 0 saturated heterocycles. The lowest BCUT2D eigenvalue weighted by Crippen LogP contribution is -2.32. The highest BCUT2D eigenvalue weighted by Crippen LogP contribution is 2.81. The van der Waals surface area contributed by atoms with Gasteiger partial charge in [-0.25, -0.2) is 9.59 Å². The number of carbonyl (C=O) groups is 2. The second kappa shape index (κ2) is 2.42. The first-order chi connectivity index (χ1) is 8.63. The van der Waals surface area contributed by atoms with Crippen molar-refractivity contribution in [2.24, 2.45) is 47.3 Å². The standard InChI is InChI=1S/C14H12O4/c15-13(16)11-9-6-3-1-2-4-5(3)8(9)10(7(4)6)12(11)14(17)18/h1-10H,(H,15,16)(H,17,18)/t3-,4+,5?,6-,7-,8?,9-,10-/m1/s1. The quantitative estimate of drug-likeness (QED) is 0.711. The van der Waals surface area contributed by atoms with Crippen molar-refractivity contribution in [2.75, 3.05) is 0 Å². The SMILES string of the molecule is O=C(O)C1=C(C(=O)O)[C@H]2C3C4[C@H]5C=C[C@@H]4[C@@H]2[C@@H]5[C@@H]13. The Morgan fingerprint density at radius 2 is 1.22 bits per heavy atom. The van der Waals surface area contributed by atoms with Crippen LogP contribution < -0.4 is 0 Å².